The van der Waals surface area contributed by atoms with Gasteiger partial charge in [-0.15, -0.1) is 0 Å². The number of methoxy groups -OCH3 is 1. The van der Waals surface area contributed by atoms with Crippen LogP contribution in [0.15, 0.2) is 0 Å². The summed E-state index contributed by atoms with van der Waals surface area (Å²) in [5.74, 6) is -0.0377. The third kappa shape index (κ3) is 18.9. The lowest BCUT2D eigenvalue weighted by molar-refractivity contribution is 0.0190. The highest BCUT2D eigenvalue weighted by molar-refractivity contribution is 7.91. The molecule has 164 valence electrons. The molecular weight excluding hydrogens is 364 g/mol. The van der Waals surface area contributed by atoms with Crippen molar-refractivity contribution in [1.29, 1.82) is 0 Å². The van der Waals surface area contributed by atoms with Gasteiger partial charge in [-0.3, -0.25) is 0 Å². The molecule has 0 spiro atoms. The van der Waals surface area contributed by atoms with Gasteiger partial charge in [-0.05, 0) is 12.8 Å². The van der Waals surface area contributed by atoms with E-state index in [1.165, 1.54) is 77.7 Å². The van der Waals surface area contributed by atoms with Crippen LogP contribution in [0.3, 0.4) is 0 Å². The van der Waals surface area contributed by atoms with Crippen LogP contribution >= 0.6 is 0 Å². The maximum Gasteiger partial charge on any atom is 0.153 e. The number of unbranched alkanes of at least 4 members (excludes halogenated alkanes) is 11. The Morgan fingerprint density at radius 2 is 1.33 bits per heavy atom. The quantitative estimate of drug-likeness (QED) is 0.283. The Morgan fingerprint density at radius 3 is 1.81 bits per heavy atom. The summed E-state index contributed by atoms with van der Waals surface area (Å²) >= 11 is 0. The number of hydrogen-bond donors (Lipinski definition) is 1. The van der Waals surface area contributed by atoms with E-state index in [1.54, 1.807) is 0 Å². The Kier molecular flexibility index (Phi) is 19.0. The first-order chi connectivity index (χ1) is 13.1. The number of hydrogen-bond acceptors (Lipinski definition) is 5. The molecule has 1 N–H and O–H groups in total. The molecule has 0 saturated carbocycles. The Labute approximate surface area is 168 Å². The van der Waals surface area contributed by atoms with Crippen LogP contribution in [0.2, 0.25) is 0 Å². The highest BCUT2D eigenvalue weighted by Gasteiger charge is 2.18. The average molecular weight is 409 g/mol. The molecule has 0 amide bonds. The molecule has 0 aromatic rings. The van der Waals surface area contributed by atoms with E-state index in [1.807, 2.05) is 0 Å². The van der Waals surface area contributed by atoms with Gasteiger partial charge in [-0.25, -0.2) is 8.42 Å². The molecule has 0 heterocycles. The summed E-state index contributed by atoms with van der Waals surface area (Å²) in [5, 5.41) is 8.74. The molecule has 0 aromatic heterocycles. The Bertz CT molecular complexity index is 397. The van der Waals surface area contributed by atoms with Gasteiger partial charge >= 0.3 is 0 Å². The lowest BCUT2D eigenvalue weighted by Crippen LogP contribution is -2.29. The molecular formula is C21H44O5S. The van der Waals surface area contributed by atoms with Crippen molar-refractivity contribution in [3.05, 3.63) is 0 Å². The molecule has 0 fully saturated rings. The first-order valence-electron chi connectivity index (χ1n) is 11.0. The number of aliphatic hydroxyl groups excluding tert-OH is 1. The summed E-state index contributed by atoms with van der Waals surface area (Å²) in [7, 11) is -1.68. The highest BCUT2D eigenvalue weighted by Crippen LogP contribution is 2.12. The number of aliphatic hydroxyl groups is 1. The van der Waals surface area contributed by atoms with Gasteiger partial charge in [0.05, 0.1) is 24.2 Å². The lowest BCUT2D eigenvalue weighted by atomic mass is 10.1. The fourth-order valence-corrected chi connectivity index (χ4v) is 4.63. The molecule has 0 rings (SSSR count). The monoisotopic (exact) mass is 408 g/mol. The SMILES string of the molecule is CCCCCCCCCCCCCCOCC(CS(=O)(=O)CCCO)OC. The summed E-state index contributed by atoms with van der Waals surface area (Å²) in [6.45, 7) is 3.12. The van der Waals surface area contributed by atoms with Crippen LogP contribution in [0, 0.1) is 0 Å². The van der Waals surface area contributed by atoms with Gasteiger partial charge in [-0.1, -0.05) is 77.6 Å². The zero-order valence-corrected chi connectivity index (χ0v) is 18.6. The van der Waals surface area contributed by atoms with Crippen molar-refractivity contribution in [2.24, 2.45) is 0 Å². The second-order valence-electron chi connectivity index (χ2n) is 7.51. The topological polar surface area (TPSA) is 72.8 Å². The molecule has 0 aliphatic rings. The largest absolute Gasteiger partial charge is 0.396 e. The molecule has 0 aliphatic heterocycles. The van der Waals surface area contributed by atoms with Crippen LogP contribution < -0.4 is 0 Å². The fraction of sp³-hybridized carbons (Fsp3) is 1.00. The highest BCUT2D eigenvalue weighted by atomic mass is 32.2. The van der Waals surface area contributed by atoms with Crippen molar-refractivity contribution in [1.82, 2.24) is 0 Å². The summed E-state index contributed by atoms with van der Waals surface area (Å²) in [5.41, 5.74) is 0. The Balaban J connectivity index is 3.46. The van der Waals surface area contributed by atoms with Crippen molar-refractivity contribution in [3.63, 3.8) is 0 Å². The molecule has 0 bridgehead atoms. The number of sulfone groups is 1. The van der Waals surface area contributed by atoms with Crippen molar-refractivity contribution in [3.8, 4) is 0 Å². The Hall–Kier alpha value is -0.170. The minimum absolute atomic E-state index is 0.00208. The van der Waals surface area contributed by atoms with E-state index in [0.29, 0.717) is 13.2 Å². The zero-order valence-electron chi connectivity index (χ0n) is 17.8. The lowest BCUT2D eigenvalue weighted by Gasteiger charge is -2.15. The smallest absolute Gasteiger partial charge is 0.153 e. The predicted octanol–water partition coefficient (Wildman–Crippen LogP) is 4.52. The molecule has 6 heteroatoms. The molecule has 27 heavy (non-hydrogen) atoms. The molecule has 5 nitrogen and oxygen atoms in total. The van der Waals surface area contributed by atoms with Crippen LogP contribution in [-0.4, -0.2) is 58.1 Å². The van der Waals surface area contributed by atoms with Crippen molar-refractivity contribution in [2.75, 3.05) is 38.4 Å². The van der Waals surface area contributed by atoms with E-state index < -0.39 is 15.9 Å². The van der Waals surface area contributed by atoms with Gasteiger partial charge in [-0.2, -0.15) is 0 Å². The number of rotatable bonds is 21. The minimum Gasteiger partial charge on any atom is -0.396 e. The summed E-state index contributed by atoms with van der Waals surface area (Å²) in [6, 6.07) is 0. The van der Waals surface area contributed by atoms with Gasteiger partial charge < -0.3 is 14.6 Å². The second-order valence-corrected chi connectivity index (χ2v) is 9.74. The van der Waals surface area contributed by atoms with Gasteiger partial charge in [0.25, 0.3) is 0 Å². The van der Waals surface area contributed by atoms with Gasteiger partial charge in [0.2, 0.25) is 0 Å². The normalized spacial score (nSPS) is 13.1. The second kappa shape index (κ2) is 19.2. The zero-order chi connectivity index (χ0) is 20.2. The van der Waals surface area contributed by atoms with E-state index in [-0.39, 0.29) is 24.5 Å². The fourth-order valence-electron chi connectivity index (χ4n) is 3.10. The van der Waals surface area contributed by atoms with Crippen molar-refractivity contribution in [2.45, 2.75) is 96.5 Å². The van der Waals surface area contributed by atoms with Crippen LogP contribution in [0.25, 0.3) is 0 Å². The molecule has 0 aliphatic carbocycles. The third-order valence-electron chi connectivity index (χ3n) is 4.83. The van der Waals surface area contributed by atoms with E-state index in [2.05, 4.69) is 6.92 Å². The maximum atomic E-state index is 11.9. The van der Waals surface area contributed by atoms with E-state index >= 15 is 0 Å². The average Bonchev–Trinajstić information content (AvgIpc) is 2.65. The molecule has 0 saturated heterocycles. The first-order valence-corrected chi connectivity index (χ1v) is 12.8. The van der Waals surface area contributed by atoms with E-state index in [9.17, 15) is 8.42 Å². The number of ether oxygens (including phenoxy) is 2. The molecule has 0 aromatic carbocycles. The van der Waals surface area contributed by atoms with Gasteiger partial charge in [0, 0.05) is 20.3 Å². The van der Waals surface area contributed by atoms with Gasteiger partial charge in [0.15, 0.2) is 9.84 Å². The van der Waals surface area contributed by atoms with Crippen molar-refractivity contribution < 1.29 is 23.0 Å². The summed E-state index contributed by atoms with van der Waals surface area (Å²) in [4.78, 5) is 0. The standard InChI is InChI=1S/C21H44O5S/c1-3-4-5-6-7-8-9-10-11-12-13-14-17-26-19-21(25-2)20-27(23,24)18-15-16-22/h21-22H,3-20H2,1-2H3. The van der Waals surface area contributed by atoms with E-state index in [4.69, 9.17) is 14.6 Å². The van der Waals surface area contributed by atoms with Crippen LogP contribution in [0.4, 0.5) is 0 Å². The molecule has 1 unspecified atom stereocenters. The summed E-state index contributed by atoms with van der Waals surface area (Å²) in [6.07, 6.45) is 15.6. The first kappa shape index (κ1) is 26.8. The molecule has 1 atom stereocenters. The van der Waals surface area contributed by atoms with Crippen LogP contribution in [0.1, 0.15) is 90.4 Å². The third-order valence-corrected chi connectivity index (χ3v) is 6.62. The maximum absolute atomic E-state index is 11.9. The van der Waals surface area contributed by atoms with Crippen LogP contribution in [-0.2, 0) is 19.3 Å². The minimum atomic E-state index is -3.19. The Morgan fingerprint density at radius 1 is 0.815 bits per heavy atom. The predicted molar refractivity (Wildman–Crippen MR) is 113 cm³/mol. The van der Waals surface area contributed by atoms with Crippen LogP contribution in [0.5, 0.6) is 0 Å². The van der Waals surface area contributed by atoms with Crippen molar-refractivity contribution >= 4 is 9.84 Å². The van der Waals surface area contributed by atoms with Gasteiger partial charge in [0.1, 0.15) is 0 Å². The molecule has 0 radical (unpaired) electrons. The van der Waals surface area contributed by atoms with E-state index in [0.717, 1.165) is 6.42 Å². The summed E-state index contributed by atoms with van der Waals surface area (Å²) < 4.78 is 34.5.